The van der Waals surface area contributed by atoms with Crippen LogP contribution in [-0.4, -0.2) is 53.3 Å². The minimum absolute atomic E-state index is 0.295. The second-order valence-electron chi connectivity index (χ2n) is 6.75. The highest BCUT2D eigenvalue weighted by Crippen LogP contribution is 2.25. The number of nitrogens with one attached hydrogen (secondary N) is 2. The summed E-state index contributed by atoms with van der Waals surface area (Å²) in [4.78, 5) is 28.8. The maximum absolute atomic E-state index is 11.3. The number of methoxy groups -OCH3 is 2. The fourth-order valence-corrected chi connectivity index (χ4v) is 3.55. The Kier molecular flexibility index (Phi) is 9.07. The van der Waals surface area contributed by atoms with Gasteiger partial charge in [0.25, 0.3) is 0 Å². The number of fused-ring (bicyclic) bond motifs is 2. The van der Waals surface area contributed by atoms with Gasteiger partial charge in [-0.15, -0.1) is 0 Å². The molecule has 0 saturated carbocycles. The average Bonchev–Trinajstić information content (AvgIpc) is 3.42. The number of halogens is 1. The molecule has 2 heterocycles. The monoisotopic (exact) mass is 502 g/mol. The minimum atomic E-state index is -1.17. The van der Waals surface area contributed by atoms with Gasteiger partial charge in [0.15, 0.2) is 0 Å². The van der Waals surface area contributed by atoms with Crippen LogP contribution in [0.1, 0.15) is 26.3 Å². The lowest BCUT2D eigenvalue weighted by Crippen LogP contribution is -2.01. The Labute approximate surface area is 193 Å². The van der Waals surface area contributed by atoms with E-state index >= 15 is 0 Å². The van der Waals surface area contributed by atoms with E-state index in [1.165, 1.54) is 21.0 Å². The predicted octanol–water partition coefficient (Wildman–Crippen LogP) is 4.07. The summed E-state index contributed by atoms with van der Waals surface area (Å²) in [5.74, 6) is -0.620. The first kappa shape index (κ1) is 25.2. The van der Waals surface area contributed by atoms with Crippen molar-refractivity contribution in [3.05, 3.63) is 70.0 Å². The van der Waals surface area contributed by atoms with Gasteiger partial charge in [0.05, 0.1) is 30.9 Å². The third kappa shape index (κ3) is 6.46. The Bertz CT molecular complexity index is 1120. The molecule has 32 heavy (non-hydrogen) atoms. The number of rotatable bonds is 2. The Balaban J connectivity index is 0.000000195. The van der Waals surface area contributed by atoms with Crippen molar-refractivity contribution in [2.75, 3.05) is 14.2 Å². The summed E-state index contributed by atoms with van der Waals surface area (Å²) in [5, 5.41) is 17.2. The summed E-state index contributed by atoms with van der Waals surface area (Å²) < 4.78 is 10.2. The van der Waals surface area contributed by atoms with E-state index in [0.29, 0.717) is 11.1 Å². The van der Waals surface area contributed by atoms with E-state index in [1.807, 2.05) is 43.6 Å². The molecule has 0 radical (unpaired) electrons. The lowest BCUT2D eigenvalue weighted by molar-refractivity contribution is 0.0592. The minimum Gasteiger partial charge on any atom is -0.465 e. The molecule has 0 aliphatic carbocycles. The van der Waals surface area contributed by atoms with Crippen molar-refractivity contribution in [1.82, 2.24) is 9.97 Å². The van der Waals surface area contributed by atoms with Crippen molar-refractivity contribution in [2.45, 2.75) is 13.7 Å². The molecule has 2 aromatic carbocycles. The Morgan fingerprint density at radius 2 is 1.31 bits per heavy atom. The molecule has 10 heteroatoms. The molecule has 2 aromatic heterocycles. The summed E-state index contributed by atoms with van der Waals surface area (Å²) >= 11 is 3.39. The van der Waals surface area contributed by atoms with Crippen LogP contribution < -0.4 is 0 Å². The fraction of sp³-hybridized carbons (Fsp3) is 0.182. The maximum Gasteiger partial charge on any atom is 0.448 e. The Morgan fingerprint density at radius 1 is 0.875 bits per heavy atom. The first-order chi connectivity index (χ1) is 15.2. The molecule has 0 unspecified atom stereocenters. The van der Waals surface area contributed by atoms with E-state index < -0.39 is 7.12 Å². The highest BCUT2D eigenvalue weighted by atomic mass is 79.9. The van der Waals surface area contributed by atoms with Gasteiger partial charge >= 0.3 is 19.1 Å². The largest absolute Gasteiger partial charge is 0.465 e. The van der Waals surface area contributed by atoms with Gasteiger partial charge in [-0.1, -0.05) is 0 Å². The third-order valence-electron chi connectivity index (χ3n) is 4.31. The van der Waals surface area contributed by atoms with E-state index in [1.54, 1.807) is 12.1 Å². The number of benzene rings is 2. The number of carbonyl (C=O) groups excluding carboxylic acids is 2. The first-order valence-corrected chi connectivity index (χ1v) is 10.3. The number of esters is 2. The van der Waals surface area contributed by atoms with E-state index in [9.17, 15) is 9.59 Å². The Morgan fingerprint density at radius 3 is 1.81 bits per heavy atom. The normalized spacial score (nSPS) is 9.97. The summed E-state index contributed by atoms with van der Waals surface area (Å²) in [7, 11) is 1.59. The van der Waals surface area contributed by atoms with Crippen molar-refractivity contribution >= 4 is 56.8 Å². The predicted molar refractivity (Wildman–Crippen MR) is 128 cm³/mol. The Hall–Kier alpha value is -3.08. The van der Waals surface area contributed by atoms with Crippen LogP contribution in [0, 0.1) is 6.92 Å². The molecule has 4 N–H and O–H groups in total. The summed E-state index contributed by atoms with van der Waals surface area (Å²) in [6.45, 7) is 3.24. The van der Waals surface area contributed by atoms with Crippen molar-refractivity contribution < 1.29 is 29.1 Å². The van der Waals surface area contributed by atoms with E-state index in [0.717, 1.165) is 31.8 Å². The molecule has 0 aliphatic rings. The lowest BCUT2D eigenvalue weighted by Gasteiger charge is -2.02. The molecular formula is C22H24BBrN2O6. The van der Waals surface area contributed by atoms with Crippen LogP contribution in [0.3, 0.4) is 0 Å². The molecule has 4 rings (SSSR count). The molecule has 0 atom stereocenters. The van der Waals surface area contributed by atoms with Crippen molar-refractivity contribution in [1.29, 1.82) is 0 Å². The number of aromatic amines is 2. The zero-order chi connectivity index (χ0) is 23.8. The first-order valence-electron chi connectivity index (χ1n) is 9.55. The number of aryl methyl sites for hydroxylation is 1. The van der Waals surface area contributed by atoms with Crippen molar-refractivity contribution in [3.63, 3.8) is 0 Å². The van der Waals surface area contributed by atoms with E-state index in [-0.39, 0.29) is 11.9 Å². The smallest absolute Gasteiger partial charge is 0.448 e. The standard InChI is InChI=1S/C11H11NO2.C10H8BrNO2.CH5BO2/c1-7-5-9(11(13)14-2)6-8-3-4-12-10(7)8;1-14-10(13)7-4-6-2-3-12-9(6)8(11)5-7;1-2(3)4/h3-6,12H,1-2H3;2-5,12H,1H3;3-4H,1H3. The zero-order valence-corrected chi connectivity index (χ0v) is 19.7. The van der Waals surface area contributed by atoms with Crippen LogP contribution in [0.4, 0.5) is 0 Å². The van der Waals surface area contributed by atoms with Gasteiger partial charge in [-0.2, -0.15) is 0 Å². The van der Waals surface area contributed by atoms with E-state index in [2.05, 4.69) is 35.4 Å². The van der Waals surface area contributed by atoms with Crippen LogP contribution in [0.25, 0.3) is 21.8 Å². The van der Waals surface area contributed by atoms with Gasteiger partial charge in [-0.05, 0) is 71.6 Å². The number of aromatic nitrogens is 2. The molecule has 0 bridgehead atoms. The second-order valence-corrected chi connectivity index (χ2v) is 7.60. The molecule has 0 saturated heterocycles. The van der Waals surface area contributed by atoms with E-state index in [4.69, 9.17) is 10.0 Å². The zero-order valence-electron chi connectivity index (χ0n) is 18.1. The van der Waals surface area contributed by atoms with Gasteiger partial charge in [-0.25, -0.2) is 9.59 Å². The van der Waals surface area contributed by atoms with Gasteiger partial charge in [0, 0.05) is 33.2 Å². The number of H-pyrrole nitrogens is 2. The topological polar surface area (TPSA) is 125 Å². The maximum atomic E-state index is 11.3. The second kappa shape index (κ2) is 11.5. The molecule has 0 aliphatic heterocycles. The highest BCUT2D eigenvalue weighted by Gasteiger charge is 2.10. The number of hydrogen-bond donors (Lipinski definition) is 4. The highest BCUT2D eigenvalue weighted by molar-refractivity contribution is 9.10. The third-order valence-corrected chi connectivity index (χ3v) is 4.94. The van der Waals surface area contributed by atoms with Crippen LogP contribution in [-0.2, 0) is 9.47 Å². The molecule has 168 valence electrons. The SMILES string of the molecule is CB(O)O.COC(=O)c1cc(Br)c2[nH]ccc2c1.COC(=O)c1cc(C)c2[nH]ccc2c1. The van der Waals surface area contributed by atoms with Gasteiger partial charge in [0.1, 0.15) is 0 Å². The number of ether oxygens (including phenoxy) is 2. The van der Waals surface area contributed by atoms with Gasteiger partial charge in [0.2, 0.25) is 0 Å². The van der Waals surface area contributed by atoms with Crippen molar-refractivity contribution in [3.8, 4) is 0 Å². The fourth-order valence-electron chi connectivity index (χ4n) is 2.96. The van der Waals surface area contributed by atoms with Gasteiger partial charge < -0.3 is 29.5 Å². The summed E-state index contributed by atoms with van der Waals surface area (Å²) in [6, 6.07) is 11.0. The van der Waals surface area contributed by atoms with Crippen LogP contribution in [0.5, 0.6) is 0 Å². The van der Waals surface area contributed by atoms with Crippen LogP contribution in [0.15, 0.2) is 53.3 Å². The molecule has 4 aromatic rings. The van der Waals surface area contributed by atoms with Gasteiger partial charge in [-0.3, -0.25) is 0 Å². The lowest BCUT2D eigenvalue weighted by atomic mass is 9.99. The summed E-state index contributed by atoms with van der Waals surface area (Å²) in [5.41, 5.74) is 4.24. The molecule has 8 nitrogen and oxygen atoms in total. The molecular weight excluding hydrogens is 479 g/mol. The van der Waals surface area contributed by atoms with Crippen LogP contribution >= 0.6 is 15.9 Å². The molecule has 0 spiro atoms. The van der Waals surface area contributed by atoms with Crippen molar-refractivity contribution in [2.24, 2.45) is 0 Å². The average molecular weight is 503 g/mol. The molecule has 0 fully saturated rings. The number of carbonyl (C=O) groups is 2. The number of hydrogen-bond acceptors (Lipinski definition) is 6. The summed E-state index contributed by atoms with van der Waals surface area (Å²) in [6.07, 6.45) is 3.69. The van der Waals surface area contributed by atoms with Crippen LogP contribution in [0.2, 0.25) is 6.82 Å². The quantitative estimate of drug-likeness (QED) is 0.242. The molecule has 0 amide bonds.